The van der Waals surface area contributed by atoms with E-state index in [2.05, 4.69) is 10.6 Å². The fourth-order valence-corrected chi connectivity index (χ4v) is 1.60. The minimum Gasteiger partial charge on any atom is -0.345 e. The highest BCUT2D eigenvalue weighted by Crippen LogP contribution is 2.18. The number of hydrogen-bond donors (Lipinski definition) is 2. The summed E-state index contributed by atoms with van der Waals surface area (Å²) in [7, 11) is 5.20. The third-order valence-electron chi connectivity index (χ3n) is 2.77. The Bertz CT molecular complexity index is 475. The lowest BCUT2D eigenvalue weighted by molar-refractivity contribution is -0.116. The van der Waals surface area contributed by atoms with Crippen LogP contribution in [0.5, 0.6) is 0 Å². The van der Waals surface area contributed by atoms with Crippen LogP contribution in [-0.4, -0.2) is 44.4 Å². The number of carbonyl (C=O) groups excluding carboxylic acids is 2. The van der Waals surface area contributed by atoms with Crippen molar-refractivity contribution in [1.82, 2.24) is 10.2 Å². The van der Waals surface area contributed by atoms with E-state index in [1.165, 1.54) is 4.90 Å². The Balaban J connectivity index is 0.00000361. The number of benzene rings is 1. The van der Waals surface area contributed by atoms with Crippen LogP contribution in [0, 0.1) is 6.92 Å². The number of nitrogens with one attached hydrogen (secondary N) is 2. The summed E-state index contributed by atoms with van der Waals surface area (Å²) in [6.45, 7) is 2.53. The fraction of sp³-hybridized carbons (Fsp3) is 0.429. The number of nitrogens with zero attached hydrogens (tertiary/aromatic N) is 1. The molecule has 0 aromatic heterocycles. The van der Waals surface area contributed by atoms with E-state index in [-0.39, 0.29) is 24.2 Å². The van der Waals surface area contributed by atoms with Crippen LogP contribution in [0.4, 0.5) is 5.69 Å². The van der Waals surface area contributed by atoms with Gasteiger partial charge in [0.05, 0.1) is 0 Å². The monoisotopic (exact) mass is 299 g/mol. The van der Waals surface area contributed by atoms with Crippen molar-refractivity contribution in [2.45, 2.75) is 13.3 Å². The van der Waals surface area contributed by atoms with Gasteiger partial charge >= 0.3 is 0 Å². The summed E-state index contributed by atoms with van der Waals surface area (Å²) in [5.41, 5.74) is 2.20. The summed E-state index contributed by atoms with van der Waals surface area (Å²) in [5.74, 6) is -0.141. The molecule has 0 spiro atoms. The van der Waals surface area contributed by atoms with Crippen LogP contribution >= 0.6 is 12.4 Å². The first-order valence-corrected chi connectivity index (χ1v) is 6.22. The molecule has 5 nitrogen and oxygen atoms in total. The molecule has 1 aromatic rings. The van der Waals surface area contributed by atoms with Gasteiger partial charge in [0.2, 0.25) is 5.91 Å². The molecule has 0 saturated heterocycles. The minimum absolute atomic E-state index is 0. The van der Waals surface area contributed by atoms with Crippen LogP contribution in [0.2, 0.25) is 0 Å². The van der Waals surface area contributed by atoms with E-state index < -0.39 is 0 Å². The van der Waals surface area contributed by atoms with Gasteiger partial charge in [-0.25, -0.2) is 0 Å². The first-order valence-electron chi connectivity index (χ1n) is 6.22. The second-order valence-electron chi connectivity index (χ2n) is 4.63. The maximum Gasteiger partial charge on any atom is 0.253 e. The summed E-state index contributed by atoms with van der Waals surface area (Å²) in [6.07, 6.45) is 0.405. The van der Waals surface area contributed by atoms with Crippen LogP contribution in [0.3, 0.4) is 0 Å². The van der Waals surface area contributed by atoms with Crippen LogP contribution in [0.15, 0.2) is 18.2 Å². The van der Waals surface area contributed by atoms with Gasteiger partial charge < -0.3 is 15.5 Å². The predicted octanol–water partition coefficient (Wildman–Crippen LogP) is 1.67. The molecule has 2 amide bonds. The minimum atomic E-state index is -0.0780. The standard InChI is InChI=1S/C14H21N3O2.ClH/c1-10-5-6-11(14(19)17(3)4)9-12(10)16-13(18)7-8-15-2;/h5-6,9,15H,7-8H2,1-4H3,(H,16,18);1H. The molecule has 1 rings (SSSR count). The highest BCUT2D eigenvalue weighted by molar-refractivity contribution is 5.97. The van der Waals surface area contributed by atoms with E-state index in [0.717, 1.165) is 5.56 Å². The Labute approximate surface area is 126 Å². The first-order chi connectivity index (χ1) is 8.95. The van der Waals surface area contributed by atoms with Crippen molar-refractivity contribution >= 4 is 29.9 Å². The third kappa shape index (κ3) is 5.19. The highest BCUT2D eigenvalue weighted by Gasteiger charge is 2.11. The molecule has 20 heavy (non-hydrogen) atoms. The maximum atomic E-state index is 11.9. The second-order valence-corrected chi connectivity index (χ2v) is 4.63. The largest absolute Gasteiger partial charge is 0.345 e. The second kappa shape index (κ2) is 8.55. The van der Waals surface area contributed by atoms with Gasteiger partial charge in [0, 0.05) is 38.3 Å². The van der Waals surface area contributed by atoms with Gasteiger partial charge in [-0.3, -0.25) is 9.59 Å². The van der Waals surface area contributed by atoms with Crippen LogP contribution in [-0.2, 0) is 4.79 Å². The molecule has 0 saturated carbocycles. The lowest BCUT2D eigenvalue weighted by Crippen LogP contribution is -2.22. The Hall–Kier alpha value is -1.59. The zero-order valence-electron chi connectivity index (χ0n) is 12.3. The molecule has 0 radical (unpaired) electrons. The number of halogens is 1. The van der Waals surface area contributed by atoms with Crippen LogP contribution in [0.1, 0.15) is 22.3 Å². The van der Waals surface area contributed by atoms with Crippen molar-refractivity contribution in [3.63, 3.8) is 0 Å². The summed E-state index contributed by atoms with van der Waals surface area (Å²) >= 11 is 0. The van der Waals surface area contributed by atoms with Crippen molar-refractivity contribution < 1.29 is 9.59 Å². The fourth-order valence-electron chi connectivity index (χ4n) is 1.60. The van der Waals surface area contributed by atoms with Crippen molar-refractivity contribution in [2.24, 2.45) is 0 Å². The van der Waals surface area contributed by atoms with Gasteiger partial charge in [-0.1, -0.05) is 6.07 Å². The number of anilines is 1. The van der Waals surface area contributed by atoms with Gasteiger partial charge in [-0.15, -0.1) is 12.4 Å². The number of aryl methyl sites for hydroxylation is 1. The Morgan fingerprint density at radius 2 is 1.90 bits per heavy atom. The predicted molar refractivity (Wildman–Crippen MR) is 83.6 cm³/mol. The molecular weight excluding hydrogens is 278 g/mol. The first kappa shape index (κ1) is 18.4. The molecule has 112 valence electrons. The Morgan fingerprint density at radius 3 is 2.45 bits per heavy atom. The van der Waals surface area contributed by atoms with E-state index in [1.807, 2.05) is 13.0 Å². The summed E-state index contributed by atoms with van der Waals surface area (Å²) in [6, 6.07) is 5.32. The summed E-state index contributed by atoms with van der Waals surface area (Å²) < 4.78 is 0. The molecule has 0 aliphatic rings. The summed E-state index contributed by atoms with van der Waals surface area (Å²) in [5, 5.41) is 5.75. The molecule has 0 atom stereocenters. The van der Waals surface area contributed by atoms with Gasteiger partial charge in [0.1, 0.15) is 0 Å². The Kier molecular flexibility index (Phi) is 7.87. The average Bonchev–Trinajstić information content (AvgIpc) is 2.38. The van der Waals surface area contributed by atoms with Crippen LogP contribution in [0.25, 0.3) is 0 Å². The van der Waals surface area contributed by atoms with E-state index in [4.69, 9.17) is 0 Å². The van der Waals surface area contributed by atoms with E-state index in [9.17, 15) is 9.59 Å². The molecule has 0 bridgehead atoms. The number of amides is 2. The molecule has 0 aliphatic carbocycles. The maximum absolute atomic E-state index is 11.9. The van der Waals surface area contributed by atoms with Crippen molar-refractivity contribution in [3.8, 4) is 0 Å². The normalized spacial score (nSPS) is 9.60. The lowest BCUT2D eigenvalue weighted by atomic mass is 10.1. The van der Waals surface area contributed by atoms with E-state index >= 15 is 0 Å². The lowest BCUT2D eigenvalue weighted by Gasteiger charge is -2.13. The van der Waals surface area contributed by atoms with Gasteiger partial charge in [0.25, 0.3) is 5.91 Å². The van der Waals surface area contributed by atoms with Crippen LogP contribution < -0.4 is 10.6 Å². The molecule has 0 heterocycles. The molecule has 0 unspecified atom stereocenters. The smallest absolute Gasteiger partial charge is 0.253 e. The number of rotatable bonds is 5. The average molecular weight is 300 g/mol. The zero-order valence-corrected chi connectivity index (χ0v) is 13.1. The number of hydrogen-bond acceptors (Lipinski definition) is 3. The number of carbonyl (C=O) groups is 2. The molecule has 6 heteroatoms. The quantitative estimate of drug-likeness (QED) is 0.869. The topological polar surface area (TPSA) is 61.4 Å². The zero-order chi connectivity index (χ0) is 14.4. The van der Waals surface area contributed by atoms with Gasteiger partial charge in [-0.05, 0) is 31.7 Å². The molecule has 0 fully saturated rings. The van der Waals surface area contributed by atoms with Crippen molar-refractivity contribution in [1.29, 1.82) is 0 Å². The highest BCUT2D eigenvalue weighted by atomic mass is 35.5. The van der Waals surface area contributed by atoms with Crippen molar-refractivity contribution in [2.75, 3.05) is 33.0 Å². The van der Waals surface area contributed by atoms with Gasteiger partial charge in [0.15, 0.2) is 0 Å². The van der Waals surface area contributed by atoms with E-state index in [0.29, 0.717) is 24.2 Å². The molecule has 1 aromatic carbocycles. The molecule has 0 aliphatic heterocycles. The third-order valence-corrected chi connectivity index (χ3v) is 2.77. The SMILES string of the molecule is CNCCC(=O)Nc1cc(C(=O)N(C)C)ccc1C.Cl. The van der Waals surface area contributed by atoms with Gasteiger partial charge in [-0.2, -0.15) is 0 Å². The molecule has 2 N–H and O–H groups in total. The van der Waals surface area contributed by atoms with E-state index in [1.54, 1.807) is 33.3 Å². The summed E-state index contributed by atoms with van der Waals surface area (Å²) in [4.78, 5) is 25.1. The molecular formula is C14H22ClN3O2. The van der Waals surface area contributed by atoms with Crippen molar-refractivity contribution in [3.05, 3.63) is 29.3 Å². The Morgan fingerprint density at radius 1 is 1.25 bits per heavy atom.